The molecule has 0 saturated carbocycles. The molecule has 0 radical (unpaired) electrons. The number of carbonyl (C=O) groups is 1. The number of pyridine rings is 1. The van der Waals surface area contributed by atoms with Crippen molar-refractivity contribution in [2.75, 3.05) is 0 Å². The van der Waals surface area contributed by atoms with Gasteiger partial charge < -0.3 is 0 Å². The molecule has 0 atom stereocenters. The maximum Gasteiger partial charge on any atom is 0.416 e. The fourth-order valence-electron chi connectivity index (χ4n) is 1.56. The van der Waals surface area contributed by atoms with Crippen LogP contribution >= 0.6 is 0 Å². The van der Waals surface area contributed by atoms with Crippen LogP contribution in [0.2, 0.25) is 0 Å². The van der Waals surface area contributed by atoms with Gasteiger partial charge in [-0.15, -0.1) is 0 Å². The van der Waals surface area contributed by atoms with E-state index in [0.29, 0.717) is 12.1 Å². The smallest absolute Gasteiger partial charge is 0.292 e. The SMILES string of the molecule is CCCCc1cc(C(F)(F)F)cc(C(=O)CC)n1. The summed E-state index contributed by atoms with van der Waals surface area (Å²) in [5, 5.41) is 0. The summed E-state index contributed by atoms with van der Waals surface area (Å²) in [6.45, 7) is 3.56. The molecular formula is C13H16F3NO. The number of ketones is 1. The zero-order valence-electron chi connectivity index (χ0n) is 10.5. The maximum absolute atomic E-state index is 12.7. The first-order valence-electron chi connectivity index (χ1n) is 5.99. The summed E-state index contributed by atoms with van der Waals surface area (Å²) in [5.41, 5.74) is -0.540. The summed E-state index contributed by atoms with van der Waals surface area (Å²) in [4.78, 5) is 15.5. The van der Waals surface area contributed by atoms with Crippen molar-refractivity contribution in [3.63, 3.8) is 0 Å². The Morgan fingerprint density at radius 3 is 2.44 bits per heavy atom. The molecule has 1 aromatic rings. The molecule has 100 valence electrons. The number of carbonyl (C=O) groups excluding carboxylic acids is 1. The van der Waals surface area contributed by atoms with E-state index in [4.69, 9.17) is 0 Å². The number of aryl methyl sites for hydroxylation is 1. The van der Waals surface area contributed by atoms with Gasteiger partial charge in [0, 0.05) is 12.1 Å². The monoisotopic (exact) mass is 259 g/mol. The second kappa shape index (κ2) is 5.98. The Hall–Kier alpha value is -1.39. The number of aromatic nitrogens is 1. The number of nitrogens with zero attached hydrogens (tertiary/aromatic N) is 1. The first-order chi connectivity index (χ1) is 8.38. The second-order valence-corrected chi connectivity index (χ2v) is 4.11. The van der Waals surface area contributed by atoms with E-state index in [1.165, 1.54) is 0 Å². The van der Waals surface area contributed by atoms with E-state index in [1.807, 2.05) is 6.92 Å². The highest BCUT2D eigenvalue weighted by Gasteiger charge is 2.32. The summed E-state index contributed by atoms with van der Waals surface area (Å²) in [6, 6.07) is 1.86. The average Bonchev–Trinajstić information content (AvgIpc) is 2.33. The number of hydrogen-bond donors (Lipinski definition) is 0. The van der Waals surface area contributed by atoms with Crippen LogP contribution in [0.4, 0.5) is 13.2 Å². The van der Waals surface area contributed by atoms with Gasteiger partial charge in [0.1, 0.15) is 5.69 Å². The van der Waals surface area contributed by atoms with Crippen molar-refractivity contribution in [2.24, 2.45) is 0 Å². The molecule has 0 aliphatic carbocycles. The summed E-state index contributed by atoms with van der Waals surface area (Å²) < 4.78 is 38.1. The molecule has 0 amide bonds. The number of rotatable bonds is 5. The molecule has 0 saturated heterocycles. The first kappa shape index (κ1) is 14.7. The quantitative estimate of drug-likeness (QED) is 0.747. The molecule has 0 bridgehead atoms. The molecule has 0 aliphatic heterocycles. The third-order valence-corrected chi connectivity index (χ3v) is 2.60. The van der Waals surface area contributed by atoms with Crippen LogP contribution in [-0.4, -0.2) is 10.8 Å². The third kappa shape index (κ3) is 3.82. The van der Waals surface area contributed by atoms with Crippen LogP contribution in [0.15, 0.2) is 12.1 Å². The van der Waals surface area contributed by atoms with Crippen LogP contribution in [0, 0.1) is 0 Å². The van der Waals surface area contributed by atoms with Gasteiger partial charge in [-0.05, 0) is 25.0 Å². The fraction of sp³-hybridized carbons (Fsp3) is 0.538. The fourth-order valence-corrected chi connectivity index (χ4v) is 1.56. The number of alkyl halides is 3. The van der Waals surface area contributed by atoms with E-state index >= 15 is 0 Å². The molecular weight excluding hydrogens is 243 g/mol. The van der Waals surface area contributed by atoms with E-state index in [-0.39, 0.29) is 17.9 Å². The van der Waals surface area contributed by atoms with Crippen molar-refractivity contribution >= 4 is 5.78 Å². The van der Waals surface area contributed by atoms with Crippen LogP contribution in [0.3, 0.4) is 0 Å². The zero-order valence-corrected chi connectivity index (χ0v) is 10.5. The van der Waals surface area contributed by atoms with Gasteiger partial charge >= 0.3 is 6.18 Å². The Balaban J connectivity index is 3.16. The van der Waals surface area contributed by atoms with Crippen molar-refractivity contribution < 1.29 is 18.0 Å². The minimum Gasteiger partial charge on any atom is -0.292 e. The van der Waals surface area contributed by atoms with Crippen LogP contribution in [0.5, 0.6) is 0 Å². The summed E-state index contributed by atoms with van der Waals surface area (Å²) in [6.07, 6.45) is -2.19. The van der Waals surface area contributed by atoms with Crippen LogP contribution < -0.4 is 0 Å². The van der Waals surface area contributed by atoms with Crippen molar-refractivity contribution in [1.29, 1.82) is 0 Å². The third-order valence-electron chi connectivity index (χ3n) is 2.60. The number of hydrogen-bond acceptors (Lipinski definition) is 2. The number of unbranched alkanes of at least 4 members (excludes halogenated alkanes) is 1. The lowest BCUT2D eigenvalue weighted by Gasteiger charge is -2.10. The Labute approximate surface area is 104 Å². The van der Waals surface area contributed by atoms with Gasteiger partial charge in [-0.1, -0.05) is 20.3 Å². The van der Waals surface area contributed by atoms with Crippen LogP contribution in [0.25, 0.3) is 0 Å². The number of halogens is 3. The molecule has 1 heterocycles. The van der Waals surface area contributed by atoms with Gasteiger partial charge in [-0.2, -0.15) is 13.2 Å². The van der Waals surface area contributed by atoms with Gasteiger partial charge in [0.25, 0.3) is 0 Å². The lowest BCUT2D eigenvalue weighted by atomic mass is 10.1. The highest BCUT2D eigenvalue weighted by Crippen LogP contribution is 2.30. The molecule has 0 spiro atoms. The number of Topliss-reactive ketones (excluding diaryl/α,β-unsaturated/α-hetero) is 1. The van der Waals surface area contributed by atoms with E-state index in [9.17, 15) is 18.0 Å². The Bertz CT molecular complexity index is 427. The van der Waals surface area contributed by atoms with Gasteiger partial charge in [-0.25, -0.2) is 4.98 Å². The zero-order chi connectivity index (χ0) is 13.8. The van der Waals surface area contributed by atoms with E-state index < -0.39 is 11.7 Å². The predicted molar refractivity (Wildman–Crippen MR) is 62.5 cm³/mol. The molecule has 5 heteroatoms. The summed E-state index contributed by atoms with van der Waals surface area (Å²) in [7, 11) is 0. The van der Waals surface area contributed by atoms with Crippen LogP contribution in [0.1, 0.15) is 54.9 Å². The highest BCUT2D eigenvalue weighted by atomic mass is 19.4. The normalized spacial score (nSPS) is 11.6. The largest absolute Gasteiger partial charge is 0.416 e. The molecule has 1 rings (SSSR count). The molecule has 18 heavy (non-hydrogen) atoms. The van der Waals surface area contributed by atoms with Gasteiger partial charge in [0.2, 0.25) is 0 Å². The minimum atomic E-state index is -4.44. The Kier molecular flexibility index (Phi) is 4.87. The van der Waals surface area contributed by atoms with Crippen molar-refractivity contribution in [3.05, 3.63) is 29.1 Å². The minimum absolute atomic E-state index is 0.0848. The lowest BCUT2D eigenvalue weighted by molar-refractivity contribution is -0.137. The Morgan fingerprint density at radius 1 is 1.28 bits per heavy atom. The lowest BCUT2D eigenvalue weighted by Crippen LogP contribution is -2.11. The second-order valence-electron chi connectivity index (χ2n) is 4.11. The maximum atomic E-state index is 12.7. The van der Waals surface area contributed by atoms with Gasteiger partial charge in [0.05, 0.1) is 5.56 Å². The van der Waals surface area contributed by atoms with Gasteiger partial charge in [-0.3, -0.25) is 4.79 Å². The molecule has 1 aromatic heterocycles. The first-order valence-corrected chi connectivity index (χ1v) is 5.99. The predicted octanol–water partition coefficient (Wildman–Crippen LogP) is 4.04. The average molecular weight is 259 g/mol. The Morgan fingerprint density at radius 2 is 1.94 bits per heavy atom. The summed E-state index contributed by atoms with van der Waals surface area (Å²) in [5.74, 6) is -0.362. The highest BCUT2D eigenvalue weighted by molar-refractivity contribution is 5.94. The van der Waals surface area contributed by atoms with E-state index in [2.05, 4.69) is 4.98 Å². The van der Waals surface area contributed by atoms with Gasteiger partial charge in [0.15, 0.2) is 5.78 Å². The van der Waals surface area contributed by atoms with E-state index in [0.717, 1.165) is 25.0 Å². The van der Waals surface area contributed by atoms with Crippen LogP contribution in [-0.2, 0) is 12.6 Å². The van der Waals surface area contributed by atoms with Crippen molar-refractivity contribution in [2.45, 2.75) is 45.7 Å². The van der Waals surface area contributed by atoms with Crippen molar-refractivity contribution in [3.8, 4) is 0 Å². The topological polar surface area (TPSA) is 30.0 Å². The molecule has 0 N–H and O–H groups in total. The molecule has 0 aliphatic rings. The van der Waals surface area contributed by atoms with E-state index in [1.54, 1.807) is 6.92 Å². The standard InChI is InChI=1S/C13H16F3NO/c1-3-5-6-10-7-9(13(14,15)16)8-11(17-10)12(18)4-2/h7-8H,3-6H2,1-2H3. The molecule has 0 fully saturated rings. The molecule has 0 aromatic carbocycles. The molecule has 0 unspecified atom stereocenters. The molecule has 2 nitrogen and oxygen atoms in total. The van der Waals surface area contributed by atoms with Crippen molar-refractivity contribution in [1.82, 2.24) is 4.98 Å². The summed E-state index contributed by atoms with van der Waals surface area (Å²) >= 11 is 0.